The van der Waals surface area contributed by atoms with E-state index in [9.17, 15) is 5.11 Å². The first-order chi connectivity index (χ1) is 6.33. The van der Waals surface area contributed by atoms with Crippen LogP contribution in [0.2, 0.25) is 0 Å². The Hall–Kier alpha value is -0.735. The average molecular weight is 195 g/mol. The molecular weight excluding hydrogens is 179 g/mol. The van der Waals surface area contributed by atoms with Gasteiger partial charge in [0.25, 0.3) is 0 Å². The summed E-state index contributed by atoms with van der Waals surface area (Å²) in [6.45, 7) is 7.07. The zero-order valence-electron chi connectivity index (χ0n) is 9.07. The molecule has 1 N–H and O–H groups in total. The molecule has 0 saturated heterocycles. The largest absolute Gasteiger partial charge is 0.477 e. The lowest BCUT2D eigenvalue weighted by Crippen LogP contribution is -2.49. The highest BCUT2D eigenvalue weighted by atomic mass is 16.5. The maximum atomic E-state index is 9.80. The number of hydrogen-bond donors (Lipinski definition) is 1. The molecule has 0 aliphatic carbocycles. The van der Waals surface area contributed by atoms with Crippen LogP contribution >= 0.6 is 0 Å². The fourth-order valence-corrected chi connectivity index (χ4v) is 0.708. The van der Waals surface area contributed by atoms with Gasteiger partial charge in [0.1, 0.15) is 0 Å². The van der Waals surface area contributed by atoms with Crippen LogP contribution in [0.3, 0.4) is 0 Å². The lowest BCUT2D eigenvalue weighted by molar-refractivity contribution is -0.0895. The molecular formula is C10H16BO3. The second kappa shape index (κ2) is 3.79. The van der Waals surface area contributed by atoms with E-state index in [0.717, 1.165) is 0 Å². The summed E-state index contributed by atoms with van der Waals surface area (Å²) >= 11 is 0. The van der Waals surface area contributed by atoms with E-state index >= 15 is 0 Å². The van der Waals surface area contributed by atoms with Gasteiger partial charge < -0.3 is 14.2 Å². The topological polar surface area (TPSA) is 42.6 Å². The Morgan fingerprint density at radius 1 is 1.36 bits per heavy atom. The molecule has 0 aliphatic rings. The fraction of sp³-hybridized carbons (Fsp3) is 0.600. The highest BCUT2D eigenvalue weighted by molar-refractivity contribution is 6.45. The second-order valence-electron chi connectivity index (χ2n) is 4.32. The zero-order valence-corrected chi connectivity index (χ0v) is 9.07. The lowest BCUT2D eigenvalue weighted by atomic mass is 9.85. The summed E-state index contributed by atoms with van der Waals surface area (Å²) in [6, 6.07) is 3.58. The van der Waals surface area contributed by atoms with Gasteiger partial charge in [0.15, 0.2) is 0 Å². The van der Waals surface area contributed by atoms with Crippen LogP contribution in [0.5, 0.6) is 0 Å². The van der Waals surface area contributed by atoms with E-state index < -0.39 is 11.2 Å². The number of hydrogen-bond acceptors (Lipinski definition) is 3. The molecule has 1 aromatic rings. The molecule has 0 fully saturated rings. The molecule has 1 radical (unpaired) electrons. The van der Waals surface area contributed by atoms with E-state index in [1.165, 1.54) is 7.48 Å². The first-order valence-corrected chi connectivity index (χ1v) is 4.60. The predicted octanol–water partition coefficient (Wildman–Crippen LogP) is 1.09. The summed E-state index contributed by atoms with van der Waals surface area (Å²) in [7, 11) is 1.51. The molecule has 3 nitrogen and oxygen atoms in total. The van der Waals surface area contributed by atoms with Crippen molar-refractivity contribution in [2.24, 2.45) is 0 Å². The number of rotatable bonds is 4. The lowest BCUT2D eigenvalue weighted by Gasteiger charge is -2.37. The summed E-state index contributed by atoms with van der Waals surface area (Å²) in [5.41, 5.74) is -0.919. The molecule has 0 aromatic carbocycles. The summed E-state index contributed by atoms with van der Waals surface area (Å²) < 4.78 is 10.5. The average Bonchev–Trinajstić information content (AvgIpc) is 2.50. The highest BCUT2D eigenvalue weighted by Gasteiger charge is 2.35. The van der Waals surface area contributed by atoms with Gasteiger partial charge in [0, 0.05) is 0 Å². The van der Waals surface area contributed by atoms with Gasteiger partial charge in [-0.2, -0.15) is 0 Å². The van der Waals surface area contributed by atoms with Crippen molar-refractivity contribution in [1.29, 1.82) is 0 Å². The van der Waals surface area contributed by atoms with E-state index in [2.05, 4.69) is 0 Å². The van der Waals surface area contributed by atoms with Crippen molar-refractivity contribution < 1.29 is 14.2 Å². The third-order valence-corrected chi connectivity index (χ3v) is 2.49. The maximum absolute atomic E-state index is 9.80. The quantitative estimate of drug-likeness (QED) is 0.731. The monoisotopic (exact) mass is 195 g/mol. The van der Waals surface area contributed by atoms with Crippen molar-refractivity contribution >= 4 is 13.1 Å². The molecule has 0 amide bonds. The first kappa shape index (κ1) is 11.3. The Labute approximate surface area is 85.3 Å². The molecule has 1 aromatic heterocycles. The molecule has 1 rings (SSSR count). The standard InChI is InChI=1S/C10H16BO3/c1-9(2,12)10(3,4)14-11-8-6-5-7-13-8/h5-7,12H,1-4H3. The van der Waals surface area contributed by atoms with Crippen molar-refractivity contribution in [3.05, 3.63) is 18.4 Å². The normalized spacial score (nSPS) is 12.9. The third kappa shape index (κ3) is 2.62. The van der Waals surface area contributed by atoms with E-state index in [4.69, 9.17) is 9.07 Å². The highest BCUT2D eigenvalue weighted by Crippen LogP contribution is 2.24. The Bertz CT molecular complexity index is 272. The van der Waals surface area contributed by atoms with Crippen LogP contribution in [-0.4, -0.2) is 23.8 Å². The zero-order chi connectivity index (χ0) is 10.8. The van der Waals surface area contributed by atoms with Gasteiger partial charge in [-0.1, -0.05) is 0 Å². The second-order valence-corrected chi connectivity index (χ2v) is 4.32. The van der Waals surface area contributed by atoms with Crippen LogP contribution in [-0.2, 0) is 4.65 Å². The van der Waals surface area contributed by atoms with Crippen molar-refractivity contribution in [1.82, 2.24) is 0 Å². The molecule has 4 heteroatoms. The van der Waals surface area contributed by atoms with Gasteiger partial charge in [0.2, 0.25) is 0 Å². The minimum absolute atomic E-state index is 0.641. The molecule has 0 unspecified atom stereocenters. The van der Waals surface area contributed by atoms with Crippen molar-refractivity contribution in [3.63, 3.8) is 0 Å². The molecule has 1 heterocycles. The minimum atomic E-state index is -0.907. The molecule has 0 atom stereocenters. The van der Waals surface area contributed by atoms with Crippen LogP contribution < -0.4 is 5.66 Å². The SMILES string of the molecule is CC(C)(O)C(C)(C)O[B]c1ccco1. The Kier molecular flexibility index (Phi) is 3.07. The number of aliphatic hydroxyl groups is 1. The molecule has 0 bridgehead atoms. The summed E-state index contributed by atoms with van der Waals surface area (Å²) in [4.78, 5) is 0. The van der Waals surface area contributed by atoms with E-state index in [1.807, 2.05) is 13.8 Å². The Morgan fingerprint density at radius 3 is 2.43 bits per heavy atom. The predicted molar refractivity (Wildman–Crippen MR) is 55.6 cm³/mol. The van der Waals surface area contributed by atoms with Crippen LogP contribution in [0, 0.1) is 0 Å². The molecule has 14 heavy (non-hydrogen) atoms. The van der Waals surface area contributed by atoms with Gasteiger partial charge in [0.05, 0.1) is 23.1 Å². The van der Waals surface area contributed by atoms with Gasteiger partial charge in [-0.05, 0) is 39.8 Å². The van der Waals surface area contributed by atoms with Crippen molar-refractivity contribution in [2.45, 2.75) is 38.9 Å². The molecule has 0 aliphatic heterocycles. The molecule has 0 spiro atoms. The third-order valence-electron chi connectivity index (χ3n) is 2.49. The van der Waals surface area contributed by atoms with Gasteiger partial charge in [-0.25, -0.2) is 0 Å². The molecule has 0 saturated carbocycles. The van der Waals surface area contributed by atoms with Crippen molar-refractivity contribution in [2.75, 3.05) is 0 Å². The van der Waals surface area contributed by atoms with Crippen molar-refractivity contribution in [3.8, 4) is 0 Å². The van der Waals surface area contributed by atoms with E-state index in [0.29, 0.717) is 5.66 Å². The van der Waals surface area contributed by atoms with Gasteiger partial charge in [-0.15, -0.1) is 0 Å². The Balaban J connectivity index is 2.53. The fourth-order valence-electron chi connectivity index (χ4n) is 0.708. The summed E-state index contributed by atoms with van der Waals surface area (Å²) in [5.74, 6) is 0. The summed E-state index contributed by atoms with van der Waals surface area (Å²) in [5, 5.41) is 9.80. The number of furan rings is 1. The van der Waals surface area contributed by atoms with Crippen LogP contribution in [0.15, 0.2) is 22.8 Å². The van der Waals surface area contributed by atoms with Gasteiger partial charge >= 0.3 is 7.48 Å². The van der Waals surface area contributed by atoms with Gasteiger partial charge in [-0.3, -0.25) is 0 Å². The Morgan fingerprint density at radius 2 is 2.00 bits per heavy atom. The molecule has 77 valence electrons. The first-order valence-electron chi connectivity index (χ1n) is 4.60. The maximum Gasteiger partial charge on any atom is 0.376 e. The van der Waals surface area contributed by atoms with Crippen LogP contribution in [0.4, 0.5) is 0 Å². The van der Waals surface area contributed by atoms with E-state index in [1.54, 1.807) is 32.2 Å². The van der Waals surface area contributed by atoms with E-state index in [-0.39, 0.29) is 0 Å². The van der Waals surface area contributed by atoms with Crippen LogP contribution in [0.25, 0.3) is 0 Å². The minimum Gasteiger partial charge on any atom is -0.477 e. The smallest absolute Gasteiger partial charge is 0.376 e. The van der Waals surface area contributed by atoms with Crippen LogP contribution in [0.1, 0.15) is 27.7 Å². The summed E-state index contributed by atoms with van der Waals surface area (Å²) in [6.07, 6.45) is 1.58.